The van der Waals surface area contributed by atoms with Crippen molar-refractivity contribution in [1.82, 2.24) is 10.3 Å². The number of aromatic amines is 1. The minimum Gasteiger partial charge on any atom is -0.381 e. The first-order valence-electron chi connectivity index (χ1n) is 7.82. The lowest BCUT2D eigenvalue weighted by Gasteiger charge is -2.21. The molecule has 0 aliphatic carbocycles. The first-order valence-corrected chi connectivity index (χ1v) is 8.20. The van der Waals surface area contributed by atoms with Gasteiger partial charge in [-0.2, -0.15) is 0 Å². The fraction of sp³-hybridized carbons (Fsp3) is 0.471. The molecule has 3 rings (SSSR count). The van der Waals surface area contributed by atoms with Crippen LogP contribution in [0.3, 0.4) is 0 Å². The third kappa shape index (κ3) is 3.81. The van der Waals surface area contributed by atoms with Gasteiger partial charge in [0.25, 0.3) is 0 Å². The number of hydrogen-bond donors (Lipinski definition) is 2. The molecule has 0 spiro atoms. The van der Waals surface area contributed by atoms with Crippen LogP contribution in [0.4, 0.5) is 0 Å². The van der Waals surface area contributed by atoms with Crippen LogP contribution in [-0.2, 0) is 16.0 Å². The van der Waals surface area contributed by atoms with Gasteiger partial charge in [0.1, 0.15) is 0 Å². The van der Waals surface area contributed by atoms with Gasteiger partial charge in [-0.15, -0.1) is 0 Å². The van der Waals surface area contributed by atoms with Gasteiger partial charge < -0.3 is 15.0 Å². The van der Waals surface area contributed by atoms with Crippen LogP contribution in [0.5, 0.6) is 0 Å². The smallest absolute Gasteiger partial charge is 0.220 e. The molecule has 1 saturated heterocycles. The number of fused-ring (bicyclic) bond motifs is 1. The Labute approximate surface area is 135 Å². The van der Waals surface area contributed by atoms with E-state index in [2.05, 4.69) is 10.3 Å². The van der Waals surface area contributed by atoms with Gasteiger partial charge in [-0.25, -0.2) is 0 Å². The van der Waals surface area contributed by atoms with Gasteiger partial charge >= 0.3 is 0 Å². The highest BCUT2D eigenvalue weighted by Gasteiger charge is 2.17. The lowest BCUT2D eigenvalue weighted by Crippen LogP contribution is -2.30. The third-order valence-corrected chi connectivity index (χ3v) is 4.41. The molecule has 1 amide bonds. The molecular weight excluding hydrogens is 300 g/mol. The Balaban J connectivity index is 1.49. The van der Waals surface area contributed by atoms with Crippen LogP contribution in [0.1, 0.15) is 24.8 Å². The van der Waals surface area contributed by atoms with Crippen molar-refractivity contribution in [2.24, 2.45) is 5.92 Å². The molecule has 2 aromatic rings. The zero-order valence-electron chi connectivity index (χ0n) is 12.5. The van der Waals surface area contributed by atoms with Crippen LogP contribution in [0, 0.1) is 5.92 Å². The number of rotatable bonds is 5. The van der Waals surface area contributed by atoms with Crippen LogP contribution in [0.25, 0.3) is 10.9 Å². The average molecular weight is 321 g/mol. The van der Waals surface area contributed by atoms with Gasteiger partial charge in [0.15, 0.2) is 0 Å². The first-order chi connectivity index (χ1) is 10.7. The second-order valence-electron chi connectivity index (χ2n) is 5.89. The monoisotopic (exact) mass is 320 g/mol. The zero-order chi connectivity index (χ0) is 15.4. The average Bonchev–Trinajstić information content (AvgIpc) is 2.91. The van der Waals surface area contributed by atoms with Crippen LogP contribution >= 0.6 is 11.6 Å². The van der Waals surface area contributed by atoms with Crippen molar-refractivity contribution in [3.63, 3.8) is 0 Å². The number of hydrogen-bond acceptors (Lipinski definition) is 2. The molecule has 22 heavy (non-hydrogen) atoms. The van der Waals surface area contributed by atoms with Crippen molar-refractivity contribution >= 4 is 28.4 Å². The molecule has 1 aromatic carbocycles. The summed E-state index contributed by atoms with van der Waals surface area (Å²) < 4.78 is 5.41. The van der Waals surface area contributed by atoms with Crippen LogP contribution in [0.2, 0.25) is 5.02 Å². The van der Waals surface area contributed by atoms with Crippen molar-refractivity contribution in [2.75, 3.05) is 19.8 Å². The number of ether oxygens (including phenoxy) is 1. The van der Waals surface area contributed by atoms with Gasteiger partial charge in [0, 0.05) is 48.3 Å². The first kappa shape index (κ1) is 15.4. The van der Waals surface area contributed by atoms with Crippen molar-refractivity contribution < 1.29 is 9.53 Å². The number of amides is 1. The topological polar surface area (TPSA) is 54.1 Å². The number of benzene rings is 1. The summed E-state index contributed by atoms with van der Waals surface area (Å²) in [6, 6.07) is 5.81. The molecule has 0 bridgehead atoms. The number of H-pyrrole nitrogens is 1. The fourth-order valence-electron chi connectivity index (χ4n) is 3.00. The molecule has 118 valence electrons. The summed E-state index contributed by atoms with van der Waals surface area (Å²) in [4.78, 5) is 15.2. The van der Waals surface area contributed by atoms with Crippen LogP contribution in [0.15, 0.2) is 24.4 Å². The van der Waals surface area contributed by atoms with Crippen molar-refractivity contribution in [3.8, 4) is 0 Å². The SMILES string of the molecule is O=C(C[C@@H]1CCCOC1)NCCc1c[nH]c2ccc(Cl)cc12. The van der Waals surface area contributed by atoms with Crippen molar-refractivity contribution in [1.29, 1.82) is 0 Å². The van der Waals surface area contributed by atoms with E-state index in [0.29, 0.717) is 25.5 Å². The highest BCUT2D eigenvalue weighted by atomic mass is 35.5. The molecule has 0 radical (unpaired) electrons. The second-order valence-corrected chi connectivity index (χ2v) is 6.33. The summed E-state index contributed by atoms with van der Waals surface area (Å²) in [7, 11) is 0. The van der Waals surface area contributed by atoms with E-state index >= 15 is 0 Å². The number of nitrogens with one attached hydrogen (secondary N) is 2. The number of carbonyl (C=O) groups is 1. The minimum absolute atomic E-state index is 0.119. The highest BCUT2D eigenvalue weighted by Crippen LogP contribution is 2.22. The molecule has 1 fully saturated rings. The van der Waals surface area contributed by atoms with E-state index in [0.717, 1.165) is 41.8 Å². The predicted octanol–water partition coefficient (Wildman–Crippen LogP) is 3.30. The van der Waals surface area contributed by atoms with E-state index in [1.807, 2.05) is 24.4 Å². The Bertz CT molecular complexity index is 647. The van der Waals surface area contributed by atoms with Crippen LogP contribution in [-0.4, -0.2) is 30.6 Å². The maximum Gasteiger partial charge on any atom is 0.220 e. The van der Waals surface area contributed by atoms with Gasteiger partial charge in [-0.1, -0.05) is 11.6 Å². The lowest BCUT2D eigenvalue weighted by atomic mass is 9.98. The molecule has 4 nitrogen and oxygen atoms in total. The van der Waals surface area contributed by atoms with Crippen molar-refractivity contribution in [2.45, 2.75) is 25.7 Å². The molecule has 1 aliphatic rings. The fourth-order valence-corrected chi connectivity index (χ4v) is 3.17. The maximum atomic E-state index is 12.0. The van der Waals surface area contributed by atoms with E-state index in [-0.39, 0.29) is 5.91 Å². The Hall–Kier alpha value is -1.52. The molecule has 1 atom stereocenters. The molecule has 2 heterocycles. The Morgan fingerprint density at radius 2 is 2.36 bits per heavy atom. The van der Waals surface area contributed by atoms with E-state index in [9.17, 15) is 4.79 Å². The minimum atomic E-state index is 0.119. The Kier molecular flexibility index (Phi) is 5.01. The quantitative estimate of drug-likeness (QED) is 0.888. The summed E-state index contributed by atoms with van der Waals surface area (Å²) in [6.45, 7) is 2.20. The molecule has 2 N–H and O–H groups in total. The standard InChI is InChI=1S/C17H21ClN2O2/c18-14-3-4-16-15(9-14)13(10-20-16)5-6-19-17(21)8-12-2-1-7-22-11-12/h3-4,9-10,12,20H,1-2,5-8,11H2,(H,19,21)/t12-/m0/s1. The van der Waals surface area contributed by atoms with Gasteiger partial charge in [-0.3, -0.25) is 4.79 Å². The van der Waals surface area contributed by atoms with Gasteiger partial charge in [0.2, 0.25) is 5.91 Å². The molecule has 1 aliphatic heterocycles. The number of aromatic nitrogens is 1. The predicted molar refractivity (Wildman–Crippen MR) is 88.2 cm³/mol. The van der Waals surface area contributed by atoms with Crippen LogP contribution < -0.4 is 5.32 Å². The second kappa shape index (κ2) is 7.16. The Morgan fingerprint density at radius 3 is 3.18 bits per heavy atom. The molecule has 0 unspecified atom stereocenters. The summed E-state index contributed by atoms with van der Waals surface area (Å²) >= 11 is 6.05. The van der Waals surface area contributed by atoms with Gasteiger partial charge in [0.05, 0.1) is 0 Å². The third-order valence-electron chi connectivity index (χ3n) is 4.17. The lowest BCUT2D eigenvalue weighted by molar-refractivity contribution is -0.123. The largest absolute Gasteiger partial charge is 0.381 e. The number of carbonyl (C=O) groups excluding carboxylic acids is 1. The summed E-state index contributed by atoms with van der Waals surface area (Å²) in [5.41, 5.74) is 2.25. The molecular formula is C17H21ClN2O2. The molecule has 5 heteroatoms. The maximum absolute atomic E-state index is 12.0. The van der Waals surface area contributed by atoms with E-state index in [4.69, 9.17) is 16.3 Å². The van der Waals surface area contributed by atoms with E-state index in [1.165, 1.54) is 5.56 Å². The van der Waals surface area contributed by atoms with Crippen molar-refractivity contribution in [3.05, 3.63) is 35.0 Å². The summed E-state index contributed by atoms with van der Waals surface area (Å²) in [6.07, 6.45) is 5.51. The van der Waals surface area contributed by atoms with Gasteiger partial charge in [-0.05, 0) is 48.9 Å². The summed E-state index contributed by atoms with van der Waals surface area (Å²) in [5.74, 6) is 0.494. The highest BCUT2D eigenvalue weighted by molar-refractivity contribution is 6.31. The number of halogens is 1. The summed E-state index contributed by atoms with van der Waals surface area (Å²) in [5, 5.41) is 4.86. The zero-order valence-corrected chi connectivity index (χ0v) is 13.3. The molecule has 0 saturated carbocycles. The Morgan fingerprint density at radius 1 is 1.45 bits per heavy atom. The van der Waals surface area contributed by atoms with E-state index < -0.39 is 0 Å². The normalized spacial score (nSPS) is 18.5. The molecule has 1 aromatic heterocycles. The van der Waals surface area contributed by atoms with E-state index in [1.54, 1.807) is 0 Å².